The number of sulfone groups is 1. The lowest BCUT2D eigenvalue weighted by atomic mass is 9.81. The van der Waals surface area contributed by atoms with Crippen LogP contribution in [0, 0.1) is 0 Å². The summed E-state index contributed by atoms with van der Waals surface area (Å²) < 4.78 is 34.0. The fraction of sp³-hybridized carbons (Fsp3) is 0.480. The highest BCUT2D eigenvalue weighted by Gasteiger charge is 2.23. The molecule has 0 radical (unpaired) electrons. The molecule has 0 spiro atoms. The van der Waals surface area contributed by atoms with Crippen LogP contribution in [0.15, 0.2) is 47.4 Å². The lowest BCUT2D eigenvalue weighted by molar-refractivity contribution is 0.0526. The van der Waals surface area contributed by atoms with Gasteiger partial charge < -0.3 is 25.0 Å². The first-order valence-corrected chi connectivity index (χ1v) is 13.4. The third-order valence-electron chi connectivity index (χ3n) is 6.04. The van der Waals surface area contributed by atoms with Gasteiger partial charge in [-0.15, -0.1) is 0 Å². The van der Waals surface area contributed by atoms with Crippen molar-refractivity contribution in [2.75, 3.05) is 26.0 Å². The third-order valence-corrected chi connectivity index (χ3v) is 7.16. The van der Waals surface area contributed by atoms with E-state index in [1.54, 1.807) is 6.92 Å². The predicted octanol–water partition coefficient (Wildman–Crippen LogP) is 3.03. The molecule has 2 aromatic rings. The predicted molar refractivity (Wildman–Crippen MR) is 128 cm³/mol. The number of aliphatic hydroxyl groups excluding tert-OH is 1. The molecule has 1 atom stereocenters. The van der Waals surface area contributed by atoms with Crippen LogP contribution in [0.1, 0.15) is 54.4 Å². The van der Waals surface area contributed by atoms with Gasteiger partial charge in [0.1, 0.15) is 29.1 Å². The quantitative estimate of drug-likeness (QED) is 0.434. The number of phenolic OH excluding ortho intramolecular Hbond substituents is 1. The van der Waals surface area contributed by atoms with Crippen molar-refractivity contribution in [2.24, 2.45) is 0 Å². The second-order valence-electron chi connectivity index (χ2n) is 8.67. The van der Waals surface area contributed by atoms with Crippen LogP contribution >= 0.6 is 0 Å². The van der Waals surface area contributed by atoms with Crippen LogP contribution in [0.2, 0.25) is 0 Å². The van der Waals surface area contributed by atoms with Crippen LogP contribution in [-0.2, 0) is 14.6 Å². The molecule has 0 amide bonds. The van der Waals surface area contributed by atoms with E-state index < -0.39 is 15.9 Å². The zero-order chi connectivity index (χ0) is 24.7. The molecule has 0 saturated heterocycles. The van der Waals surface area contributed by atoms with Crippen LogP contribution in [0.3, 0.4) is 0 Å². The number of benzene rings is 2. The van der Waals surface area contributed by atoms with Crippen LogP contribution in [0.25, 0.3) is 0 Å². The van der Waals surface area contributed by atoms with Crippen molar-refractivity contribution in [3.05, 3.63) is 53.6 Å². The minimum absolute atomic E-state index is 0.00311. The fourth-order valence-electron chi connectivity index (χ4n) is 4.17. The Morgan fingerprint density at radius 1 is 1.12 bits per heavy atom. The maximum Gasteiger partial charge on any atom is 0.338 e. The second-order valence-corrected chi connectivity index (χ2v) is 10.6. The molecule has 3 N–H and O–H groups in total. The van der Waals surface area contributed by atoms with Crippen LogP contribution < -0.4 is 10.1 Å². The number of hydrogen-bond donors (Lipinski definition) is 3. The normalized spacial score (nSPS) is 19.4. The maximum absolute atomic E-state index is 11.8. The van der Waals surface area contributed by atoms with E-state index >= 15 is 0 Å². The number of phenols is 1. The lowest BCUT2D eigenvalue weighted by Crippen LogP contribution is -2.39. The lowest BCUT2D eigenvalue weighted by Gasteiger charge is -2.30. The minimum atomic E-state index is -3.58. The van der Waals surface area contributed by atoms with E-state index in [9.17, 15) is 23.4 Å². The van der Waals surface area contributed by atoms with Gasteiger partial charge in [-0.3, -0.25) is 0 Å². The van der Waals surface area contributed by atoms with Gasteiger partial charge in [0.15, 0.2) is 9.84 Å². The molecular formula is C25H33NO7S. The number of carbonyl (C=O) groups is 1. The van der Waals surface area contributed by atoms with Gasteiger partial charge in [0.2, 0.25) is 0 Å². The molecule has 1 aliphatic carbocycles. The first-order valence-electron chi connectivity index (χ1n) is 11.5. The molecule has 9 heteroatoms. The van der Waals surface area contributed by atoms with Gasteiger partial charge in [-0.1, -0.05) is 12.1 Å². The Bertz CT molecular complexity index is 1060. The summed E-state index contributed by atoms with van der Waals surface area (Å²) in [4.78, 5) is 11.6. The number of nitrogens with one attached hydrogen (secondary N) is 1. The zero-order valence-electron chi connectivity index (χ0n) is 19.6. The molecular weight excluding hydrogens is 458 g/mol. The number of carbonyl (C=O) groups excluding carboxylic acids is 1. The zero-order valence-corrected chi connectivity index (χ0v) is 20.4. The van der Waals surface area contributed by atoms with Crippen molar-refractivity contribution in [3.8, 4) is 11.5 Å². The average Bonchev–Trinajstić information content (AvgIpc) is 2.82. The topological polar surface area (TPSA) is 122 Å². The van der Waals surface area contributed by atoms with E-state index in [1.807, 2.05) is 24.3 Å². The summed E-state index contributed by atoms with van der Waals surface area (Å²) in [6.07, 6.45) is 4.25. The van der Waals surface area contributed by atoms with Crippen molar-refractivity contribution < 1.29 is 32.9 Å². The van der Waals surface area contributed by atoms with Gasteiger partial charge in [-0.25, -0.2) is 13.2 Å². The van der Waals surface area contributed by atoms with E-state index in [1.165, 1.54) is 23.8 Å². The number of aliphatic hydroxyl groups is 1. The maximum atomic E-state index is 11.8. The second kappa shape index (κ2) is 11.7. The third kappa shape index (κ3) is 7.19. The van der Waals surface area contributed by atoms with E-state index in [-0.39, 0.29) is 29.0 Å². The summed E-state index contributed by atoms with van der Waals surface area (Å²) >= 11 is 0. The Hall–Kier alpha value is -2.62. The summed E-state index contributed by atoms with van der Waals surface area (Å²) in [7, 11) is -3.58. The molecule has 0 bridgehead atoms. The fourth-order valence-corrected chi connectivity index (χ4v) is 4.95. The molecule has 0 heterocycles. The highest BCUT2D eigenvalue weighted by molar-refractivity contribution is 7.90. The molecule has 186 valence electrons. The number of rotatable bonds is 10. The Kier molecular flexibility index (Phi) is 8.93. The molecule has 1 fully saturated rings. The SMILES string of the molecule is CCOC(=O)c1ccc(C2CCC(NC[C@H](O)COc3ccc(O)c(S(C)(=O)=O)c3)CC2)cc1. The van der Waals surface area contributed by atoms with E-state index in [4.69, 9.17) is 9.47 Å². The molecule has 0 aromatic heterocycles. The molecule has 0 unspecified atom stereocenters. The molecule has 3 rings (SSSR count). The van der Waals surface area contributed by atoms with Crippen molar-refractivity contribution >= 4 is 15.8 Å². The first-order chi connectivity index (χ1) is 16.2. The van der Waals surface area contributed by atoms with Gasteiger partial charge in [0.25, 0.3) is 0 Å². The summed E-state index contributed by atoms with van der Waals surface area (Å²) in [5.74, 6) is 0.0844. The van der Waals surface area contributed by atoms with Gasteiger partial charge in [-0.05, 0) is 68.4 Å². The Morgan fingerprint density at radius 3 is 2.41 bits per heavy atom. The van der Waals surface area contributed by atoms with Gasteiger partial charge in [-0.2, -0.15) is 0 Å². The number of esters is 1. The van der Waals surface area contributed by atoms with Crippen molar-refractivity contribution in [1.29, 1.82) is 0 Å². The number of hydrogen-bond acceptors (Lipinski definition) is 8. The van der Waals surface area contributed by atoms with E-state index in [0.717, 1.165) is 31.9 Å². The molecule has 34 heavy (non-hydrogen) atoms. The van der Waals surface area contributed by atoms with Crippen LogP contribution in [0.5, 0.6) is 11.5 Å². The number of aromatic hydroxyl groups is 1. The van der Waals surface area contributed by atoms with Gasteiger partial charge >= 0.3 is 5.97 Å². The Morgan fingerprint density at radius 2 is 1.79 bits per heavy atom. The molecule has 1 saturated carbocycles. The molecule has 1 aliphatic rings. The van der Waals surface area contributed by atoms with Crippen molar-refractivity contribution in [3.63, 3.8) is 0 Å². The van der Waals surface area contributed by atoms with Crippen LogP contribution in [0.4, 0.5) is 0 Å². The standard InChI is InChI=1S/C25H33NO7S/c1-3-32-25(29)19-6-4-17(5-7-19)18-8-10-20(11-9-18)26-15-21(27)16-33-22-12-13-23(28)24(14-22)34(2,30)31/h4-7,12-14,18,20-21,26-28H,3,8-11,15-16H2,1-2H3/t18?,20?,21-/m0/s1. The smallest absolute Gasteiger partial charge is 0.338 e. The average molecular weight is 492 g/mol. The molecule has 0 aliphatic heterocycles. The first kappa shape index (κ1) is 26.0. The van der Waals surface area contributed by atoms with Crippen LogP contribution in [-0.4, -0.2) is 62.8 Å². The minimum Gasteiger partial charge on any atom is -0.507 e. The summed E-state index contributed by atoms with van der Waals surface area (Å²) in [5.41, 5.74) is 1.79. The monoisotopic (exact) mass is 491 g/mol. The van der Waals surface area contributed by atoms with Crippen molar-refractivity contribution in [2.45, 2.75) is 55.6 Å². The van der Waals surface area contributed by atoms with E-state index in [2.05, 4.69) is 5.32 Å². The van der Waals surface area contributed by atoms with Gasteiger partial charge in [0.05, 0.1) is 12.2 Å². The van der Waals surface area contributed by atoms with E-state index in [0.29, 0.717) is 30.7 Å². The van der Waals surface area contributed by atoms with Gasteiger partial charge in [0, 0.05) is 24.9 Å². The molecule has 8 nitrogen and oxygen atoms in total. The Balaban J connectivity index is 1.41. The summed E-state index contributed by atoms with van der Waals surface area (Å²) in [6.45, 7) is 2.51. The van der Waals surface area contributed by atoms with Crippen molar-refractivity contribution in [1.82, 2.24) is 5.32 Å². The highest BCUT2D eigenvalue weighted by Crippen LogP contribution is 2.33. The highest BCUT2D eigenvalue weighted by atomic mass is 32.2. The largest absolute Gasteiger partial charge is 0.507 e. The molecule has 2 aromatic carbocycles. The number of ether oxygens (including phenoxy) is 2. The Labute approximate surface area is 200 Å². The summed E-state index contributed by atoms with van der Waals surface area (Å²) in [5, 5.41) is 23.4. The summed E-state index contributed by atoms with van der Waals surface area (Å²) in [6, 6.07) is 11.9.